The van der Waals surface area contributed by atoms with Gasteiger partial charge in [0, 0.05) is 17.8 Å². The summed E-state index contributed by atoms with van der Waals surface area (Å²) in [7, 11) is 1.98. The van der Waals surface area contributed by atoms with Crippen molar-refractivity contribution in [1.82, 2.24) is 9.88 Å². The standard InChI is InChI=1S/C11H18N2OS/c1-5-10(14)9(3)13(4)6-11-8(2)12-7-15-11/h7,9H,5-6H2,1-4H3. The largest absolute Gasteiger partial charge is 0.298 e. The molecule has 15 heavy (non-hydrogen) atoms. The molecular weight excluding hydrogens is 208 g/mol. The summed E-state index contributed by atoms with van der Waals surface area (Å²) in [5.41, 5.74) is 2.92. The van der Waals surface area contributed by atoms with E-state index in [0.29, 0.717) is 12.2 Å². The molecular formula is C11H18N2OS. The predicted octanol–water partition coefficient (Wildman–Crippen LogP) is 2.25. The zero-order valence-corrected chi connectivity index (χ0v) is 10.6. The number of hydrogen-bond acceptors (Lipinski definition) is 4. The van der Waals surface area contributed by atoms with Crippen LogP contribution in [-0.4, -0.2) is 28.8 Å². The minimum atomic E-state index is -0.00324. The number of aromatic nitrogens is 1. The normalized spacial score (nSPS) is 13.1. The summed E-state index contributed by atoms with van der Waals surface area (Å²) < 4.78 is 0. The summed E-state index contributed by atoms with van der Waals surface area (Å²) in [5.74, 6) is 0.291. The Kier molecular flexibility index (Phi) is 4.42. The highest BCUT2D eigenvalue weighted by molar-refractivity contribution is 7.09. The molecule has 1 unspecified atom stereocenters. The number of aryl methyl sites for hydroxylation is 1. The molecule has 0 aliphatic heterocycles. The van der Waals surface area contributed by atoms with E-state index < -0.39 is 0 Å². The maximum Gasteiger partial charge on any atom is 0.149 e. The van der Waals surface area contributed by atoms with E-state index in [1.165, 1.54) is 4.88 Å². The number of ketones is 1. The average Bonchev–Trinajstić information content (AvgIpc) is 2.62. The Morgan fingerprint density at radius 1 is 1.67 bits per heavy atom. The van der Waals surface area contributed by atoms with E-state index in [-0.39, 0.29) is 6.04 Å². The van der Waals surface area contributed by atoms with Gasteiger partial charge in [-0.1, -0.05) is 6.92 Å². The summed E-state index contributed by atoms with van der Waals surface area (Å²) in [6.07, 6.45) is 0.604. The first-order chi connectivity index (χ1) is 7.06. The van der Waals surface area contributed by atoms with Crippen molar-refractivity contribution in [3.05, 3.63) is 16.1 Å². The van der Waals surface area contributed by atoms with Crippen molar-refractivity contribution >= 4 is 17.1 Å². The van der Waals surface area contributed by atoms with Crippen LogP contribution in [0.4, 0.5) is 0 Å². The van der Waals surface area contributed by atoms with Gasteiger partial charge in [-0.3, -0.25) is 9.69 Å². The lowest BCUT2D eigenvalue weighted by Crippen LogP contribution is -2.35. The summed E-state index contributed by atoms with van der Waals surface area (Å²) in [6.45, 7) is 6.68. The van der Waals surface area contributed by atoms with Gasteiger partial charge in [0.2, 0.25) is 0 Å². The number of rotatable bonds is 5. The van der Waals surface area contributed by atoms with Crippen LogP contribution in [0.3, 0.4) is 0 Å². The van der Waals surface area contributed by atoms with Gasteiger partial charge >= 0.3 is 0 Å². The Balaban J connectivity index is 2.59. The Labute approximate surface area is 95.1 Å². The quantitative estimate of drug-likeness (QED) is 0.772. The van der Waals surface area contributed by atoms with Crippen molar-refractivity contribution in [2.45, 2.75) is 39.8 Å². The summed E-state index contributed by atoms with van der Waals surface area (Å²) >= 11 is 1.65. The van der Waals surface area contributed by atoms with Crippen molar-refractivity contribution in [2.75, 3.05) is 7.05 Å². The fourth-order valence-electron chi connectivity index (χ4n) is 1.38. The molecule has 84 valence electrons. The molecule has 0 amide bonds. The Bertz CT molecular complexity index is 335. The summed E-state index contributed by atoms with van der Waals surface area (Å²) in [5, 5.41) is 0. The lowest BCUT2D eigenvalue weighted by Gasteiger charge is -2.22. The number of likely N-dealkylation sites (N-methyl/N-ethyl adjacent to an activating group) is 1. The number of Topliss-reactive ketones (excluding diaryl/α,β-unsaturated/α-hetero) is 1. The van der Waals surface area contributed by atoms with Gasteiger partial charge in [0.15, 0.2) is 0 Å². The molecule has 0 aliphatic rings. The molecule has 0 aliphatic carbocycles. The van der Waals surface area contributed by atoms with E-state index in [4.69, 9.17) is 0 Å². The second kappa shape index (κ2) is 5.37. The molecule has 1 aromatic heterocycles. The van der Waals surface area contributed by atoms with Crippen LogP contribution in [-0.2, 0) is 11.3 Å². The maximum atomic E-state index is 11.5. The van der Waals surface area contributed by atoms with Crippen molar-refractivity contribution in [3.63, 3.8) is 0 Å². The van der Waals surface area contributed by atoms with E-state index >= 15 is 0 Å². The van der Waals surface area contributed by atoms with Gasteiger partial charge < -0.3 is 0 Å². The van der Waals surface area contributed by atoms with Crippen LogP contribution in [0.2, 0.25) is 0 Å². The van der Waals surface area contributed by atoms with E-state index in [1.807, 2.05) is 33.3 Å². The topological polar surface area (TPSA) is 33.2 Å². The SMILES string of the molecule is CCC(=O)C(C)N(C)Cc1scnc1C. The Morgan fingerprint density at radius 3 is 2.80 bits per heavy atom. The molecule has 3 nitrogen and oxygen atoms in total. The third-order valence-corrected chi connectivity index (χ3v) is 3.63. The third kappa shape index (κ3) is 3.11. The first-order valence-electron chi connectivity index (χ1n) is 5.18. The van der Waals surface area contributed by atoms with Gasteiger partial charge in [0.05, 0.1) is 17.2 Å². The number of carbonyl (C=O) groups is 1. The van der Waals surface area contributed by atoms with Crippen LogP contribution < -0.4 is 0 Å². The number of thiazole rings is 1. The lowest BCUT2D eigenvalue weighted by atomic mass is 10.1. The van der Waals surface area contributed by atoms with Gasteiger partial charge in [-0.25, -0.2) is 4.98 Å². The first-order valence-corrected chi connectivity index (χ1v) is 6.06. The molecule has 0 N–H and O–H groups in total. The number of carbonyl (C=O) groups excluding carboxylic acids is 1. The van der Waals surface area contributed by atoms with Crippen molar-refractivity contribution in [3.8, 4) is 0 Å². The molecule has 4 heteroatoms. The molecule has 0 saturated heterocycles. The maximum absolute atomic E-state index is 11.5. The minimum Gasteiger partial charge on any atom is -0.298 e. The minimum absolute atomic E-state index is 0.00324. The molecule has 0 fully saturated rings. The van der Waals surface area contributed by atoms with E-state index in [2.05, 4.69) is 9.88 Å². The molecule has 1 rings (SSSR count). The second-order valence-electron chi connectivity index (χ2n) is 3.77. The number of hydrogen-bond donors (Lipinski definition) is 0. The van der Waals surface area contributed by atoms with Crippen molar-refractivity contribution in [1.29, 1.82) is 0 Å². The lowest BCUT2D eigenvalue weighted by molar-refractivity contribution is -0.123. The summed E-state index contributed by atoms with van der Waals surface area (Å²) in [4.78, 5) is 19.0. The van der Waals surface area contributed by atoms with Crippen LogP contribution in [0.1, 0.15) is 30.8 Å². The van der Waals surface area contributed by atoms with Crippen LogP contribution in [0, 0.1) is 6.92 Å². The van der Waals surface area contributed by atoms with E-state index in [1.54, 1.807) is 11.3 Å². The van der Waals surface area contributed by atoms with Crippen LogP contribution in [0.25, 0.3) is 0 Å². The zero-order chi connectivity index (χ0) is 11.4. The van der Waals surface area contributed by atoms with E-state index in [9.17, 15) is 4.79 Å². The fraction of sp³-hybridized carbons (Fsp3) is 0.636. The Hall–Kier alpha value is -0.740. The summed E-state index contributed by atoms with van der Waals surface area (Å²) in [6, 6.07) is -0.00324. The van der Waals surface area contributed by atoms with Crippen LogP contribution >= 0.6 is 11.3 Å². The van der Waals surface area contributed by atoms with Crippen LogP contribution in [0.15, 0.2) is 5.51 Å². The smallest absolute Gasteiger partial charge is 0.149 e. The first kappa shape index (κ1) is 12.3. The molecule has 0 spiro atoms. The van der Waals surface area contributed by atoms with Gasteiger partial charge in [0.1, 0.15) is 5.78 Å². The Morgan fingerprint density at radius 2 is 2.33 bits per heavy atom. The third-order valence-electron chi connectivity index (χ3n) is 2.71. The predicted molar refractivity (Wildman–Crippen MR) is 63.1 cm³/mol. The highest BCUT2D eigenvalue weighted by Crippen LogP contribution is 2.15. The molecule has 0 radical (unpaired) electrons. The van der Waals surface area contributed by atoms with Gasteiger partial charge in [0.25, 0.3) is 0 Å². The second-order valence-corrected chi connectivity index (χ2v) is 4.71. The van der Waals surface area contributed by atoms with E-state index in [0.717, 1.165) is 12.2 Å². The van der Waals surface area contributed by atoms with Crippen molar-refractivity contribution < 1.29 is 4.79 Å². The molecule has 1 heterocycles. The zero-order valence-electron chi connectivity index (χ0n) is 9.78. The van der Waals surface area contributed by atoms with Gasteiger partial charge in [-0.2, -0.15) is 0 Å². The molecule has 0 aromatic carbocycles. The highest BCUT2D eigenvalue weighted by atomic mass is 32.1. The number of nitrogens with zero attached hydrogens (tertiary/aromatic N) is 2. The van der Waals surface area contributed by atoms with Gasteiger partial charge in [-0.05, 0) is 20.9 Å². The molecule has 0 bridgehead atoms. The average molecular weight is 226 g/mol. The molecule has 0 saturated carbocycles. The monoisotopic (exact) mass is 226 g/mol. The van der Waals surface area contributed by atoms with Gasteiger partial charge in [-0.15, -0.1) is 11.3 Å². The molecule has 1 atom stereocenters. The molecule has 1 aromatic rings. The fourth-order valence-corrected chi connectivity index (χ4v) is 2.22. The van der Waals surface area contributed by atoms with Crippen molar-refractivity contribution in [2.24, 2.45) is 0 Å². The van der Waals surface area contributed by atoms with Crippen LogP contribution in [0.5, 0.6) is 0 Å². The highest BCUT2D eigenvalue weighted by Gasteiger charge is 2.17.